The van der Waals surface area contributed by atoms with Crippen LogP contribution >= 0.6 is 0 Å². The van der Waals surface area contributed by atoms with Gasteiger partial charge in [-0.1, -0.05) is 0 Å². The van der Waals surface area contributed by atoms with Gasteiger partial charge < -0.3 is 25.4 Å². The number of benzene rings is 2. The Labute approximate surface area is 163 Å². The minimum Gasteiger partial charge on any atom is -0.493 e. The standard InChI is InChI=1S/C21H24FN3O3/c22-15-3-1-14(2-4-15)21(27)24-20-17-13-16(25-10-8-23-9-11-25)5-6-19(17)28-12-7-18(20)26/h1-6,13,18,20,23,26H,7-12H2,(H,24,27). The summed E-state index contributed by atoms with van der Waals surface area (Å²) < 4.78 is 18.9. The molecule has 2 atom stereocenters. The summed E-state index contributed by atoms with van der Waals surface area (Å²) in [7, 11) is 0. The molecule has 0 aromatic heterocycles. The third-order valence-corrected chi connectivity index (χ3v) is 5.26. The molecule has 0 aliphatic carbocycles. The molecule has 6 nitrogen and oxygen atoms in total. The van der Waals surface area contributed by atoms with Gasteiger partial charge in [0.2, 0.25) is 0 Å². The van der Waals surface area contributed by atoms with Gasteiger partial charge in [0, 0.05) is 49.4 Å². The average molecular weight is 385 g/mol. The van der Waals surface area contributed by atoms with Crippen molar-refractivity contribution in [1.82, 2.24) is 10.6 Å². The van der Waals surface area contributed by atoms with Crippen molar-refractivity contribution in [1.29, 1.82) is 0 Å². The summed E-state index contributed by atoms with van der Waals surface area (Å²) in [4.78, 5) is 14.9. The van der Waals surface area contributed by atoms with E-state index in [0.717, 1.165) is 37.4 Å². The van der Waals surface area contributed by atoms with Crippen molar-refractivity contribution in [2.75, 3.05) is 37.7 Å². The molecule has 1 fully saturated rings. The zero-order chi connectivity index (χ0) is 19.5. The van der Waals surface area contributed by atoms with Crippen LogP contribution in [0.15, 0.2) is 42.5 Å². The maximum Gasteiger partial charge on any atom is 0.251 e. The predicted octanol–water partition coefficient (Wildman–Crippen LogP) is 1.85. The van der Waals surface area contributed by atoms with E-state index >= 15 is 0 Å². The fourth-order valence-electron chi connectivity index (χ4n) is 3.69. The van der Waals surface area contributed by atoms with Crippen LogP contribution in [0.5, 0.6) is 5.75 Å². The van der Waals surface area contributed by atoms with Crippen molar-refractivity contribution in [2.45, 2.75) is 18.6 Å². The van der Waals surface area contributed by atoms with Crippen LogP contribution in [0.3, 0.4) is 0 Å². The van der Waals surface area contributed by atoms with Gasteiger partial charge in [-0.05, 0) is 42.5 Å². The molecule has 0 bridgehead atoms. The van der Waals surface area contributed by atoms with E-state index in [0.29, 0.717) is 24.3 Å². The number of nitrogens with zero attached hydrogens (tertiary/aromatic N) is 1. The molecular weight excluding hydrogens is 361 g/mol. The SMILES string of the molecule is O=C(NC1c2cc(N3CCNCC3)ccc2OCCC1O)c1ccc(F)cc1. The smallest absolute Gasteiger partial charge is 0.251 e. The Morgan fingerprint density at radius 1 is 1.18 bits per heavy atom. The molecule has 2 aromatic carbocycles. The molecule has 0 spiro atoms. The van der Waals surface area contributed by atoms with Crippen molar-refractivity contribution in [2.24, 2.45) is 0 Å². The lowest BCUT2D eigenvalue weighted by atomic mass is 9.98. The second kappa shape index (κ2) is 8.16. The van der Waals surface area contributed by atoms with Crippen molar-refractivity contribution in [3.8, 4) is 5.75 Å². The van der Waals surface area contributed by atoms with Gasteiger partial charge in [-0.15, -0.1) is 0 Å². The van der Waals surface area contributed by atoms with Gasteiger partial charge in [0.05, 0.1) is 18.8 Å². The molecule has 1 saturated heterocycles. The van der Waals surface area contributed by atoms with Crippen LogP contribution in [0.4, 0.5) is 10.1 Å². The van der Waals surface area contributed by atoms with E-state index in [2.05, 4.69) is 15.5 Å². The van der Waals surface area contributed by atoms with Crippen molar-refractivity contribution in [3.05, 3.63) is 59.4 Å². The van der Waals surface area contributed by atoms with E-state index < -0.39 is 18.0 Å². The van der Waals surface area contributed by atoms with E-state index in [4.69, 9.17) is 4.74 Å². The summed E-state index contributed by atoms with van der Waals surface area (Å²) >= 11 is 0. The van der Waals surface area contributed by atoms with Crippen molar-refractivity contribution in [3.63, 3.8) is 0 Å². The Kier molecular flexibility index (Phi) is 5.45. The van der Waals surface area contributed by atoms with Crippen LogP contribution in [0, 0.1) is 5.82 Å². The summed E-state index contributed by atoms with van der Waals surface area (Å²) in [5, 5.41) is 16.9. The number of aliphatic hydroxyl groups is 1. The monoisotopic (exact) mass is 385 g/mol. The highest BCUT2D eigenvalue weighted by Gasteiger charge is 2.30. The number of anilines is 1. The number of fused-ring (bicyclic) bond motifs is 1. The van der Waals surface area contributed by atoms with Crippen molar-refractivity contribution >= 4 is 11.6 Å². The summed E-state index contributed by atoms with van der Waals surface area (Å²) in [5.74, 6) is -0.0882. The first-order valence-corrected chi connectivity index (χ1v) is 9.59. The zero-order valence-electron chi connectivity index (χ0n) is 15.5. The van der Waals surface area contributed by atoms with Gasteiger partial charge in [0.25, 0.3) is 5.91 Å². The highest BCUT2D eigenvalue weighted by atomic mass is 19.1. The molecule has 28 heavy (non-hydrogen) atoms. The fraction of sp³-hybridized carbons (Fsp3) is 0.381. The van der Waals surface area contributed by atoms with E-state index in [-0.39, 0.29) is 5.91 Å². The highest BCUT2D eigenvalue weighted by molar-refractivity contribution is 5.94. The van der Waals surface area contributed by atoms with Gasteiger partial charge in [-0.3, -0.25) is 4.79 Å². The number of aliphatic hydroxyl groups excluding tert-OH is 1. The van der Waals surface area contributed by atoms with E-state index in [9.17, 15) is 14.3 Å². The Morgan fingerprint density at radius 2 is 1.93 bits per heavy atom. The Hall–Kier alpha value is -2.64. The van der Waals surface area contributed by atoms with Gasteiger partial charge in [0.15, 0.2) is 0 Å². The topological polar surface area (TPSA) is 73.8 Å². The second-order valence-corrected chi connectivity index (χ2v) is 7.12. The minimum absolute atomic E-state index is 0.346. The molecule has 2 aliphatic rings. The quantitative estimate of drug-likeness (QED) is 0.752. The Morgan fingerprint density at radius 3 is 2.68 bits per heavy atom. The summed E-state index contributed by atoms with van der Waals surface area (Å²) in [5.41, 5.74) is 2.15. The van der Waals surface area contributed by atoms with Gasteiger partial charge in [-0.25, -0.2) is 4.39 Å². The van der Waals surface area contributed by atoms with Crippen molar-refractivity contribution < 1.29 is 19.0 Å². The Bertz CT molecular complexity index is 837. The number of rotatable bonds is 3. The van der Waals surface area contributed by atoms with Gasteiger partial charge in [0.1, 0.15) is 11.6 Å². The molecule has 2 aliphatic heterocycles. The number of amides is 1. The minimum atomic E-state index is -0.774. The van der Waals surface area contributed by atoms with E-state index in [1.807, 2.05) is 18.2 Å². The molecule has 0 saturated carbocycles. The largest absolute Gasteiger partial charge is 0.493 e. The number of carbonyl (C=O) groups is 1. The lowest BCUT2D eigenvalue weighted by Gasteiger charge is -2.31. The molecule has 2 unspecified atom stereocenters. The molecule has 3 N–H and O–H groups in total. The third-order valence-electron chi connectivity index (χ3n) is 5.26. The molecule has 4 rings (SSSR count). The molecule has 2 aromatic rings. The number of ether oxygens (including phenoxy) is 1. The Balaban J connectivity index is 1.62. The van der Waals surface area contributed by atoms with E-state index in [1.54, 1.807) is 0 Å². The average Bonchev–Trinajstić information content (AvgIpc) is 2.87. The molecule has 2 heterocycles. The first-order chi connectivity index (χ1) is 13.6. The molecular formula is C21H24FN3O3. The number of carbonyl (C=O) groups excluding carboxylic acids is 1. The van der Waals surface area contributed by atoms with Crippen LogP contribution in [0.1, 0.15) is 28.4 Å². The maximum absolute atomic E-state index is 13.1. The van der Waals surface area contributed by atoms with Crippen LogP contribution in [0.2, 0.25) is 0 Å². The lowest BCUT2D eigenvalue weighted by Crippen LogP contribution is -2.43. The number of halogens is 1. The van der Waals surface area contributed by atoms with Crippen LogP contribution in [-0.4, -0.2) is 49.9 Å². The summed E-state index contributed by atoms with van der Waals surface area (Å²) in [6.45, 7) is 4.01. The lowest BCUT2D eigenvalue weighted by molar-refractivity contribution is 0.0805. The maximum atomic E-state index is 13.1. The van der Waals surface area contributed by atoms with Gasteiger partial charge >= 0.3 is 0 Å². The number of piperazine rings is 1. The summed E-state index contributed by atoms with van der Waals surface area (Å²) in [6.07, 6.45) is -0.365. The first kappa shape index (κ1) is 18.7. The third kappa shape index (κ3) is 3.95. The predicted molar refractivity (Wildman–Crippen MR) is 104 cm³/mol. The number of hydrogen-bond donors (Lipinski definition) is 3. The van der Waals surface area contributed by atoms with Gasteiger partial charge in [-0.2, -0.15) is 0 Å². The number of hydrogen-bond acceptors (Lipinski definition) is 5. The molecule has 7 heteroatoms. The van der Waals surface area contributed by atoms with Crippen LogP contribution in [0.25, 0.3) is 0 Å². The zero-order valence-corrected chi connectivity index (χ0v) is 15.5. The normalized spacial score (nSPS) is 22.0. The highest BCUT2D eigenvalue weighted by Crippen LogP contribution is 2.35. The fourth-order valence-corrected chi connectivity index (χ4v) is 3.69. The number of nitrogens with one attached hydrogen (secondary N) is 2. The van der Waals surface area contributed by atoms with Crippen LogP contribution < -0.4 is 20.3 Å². The second-order valence-electron chi connectivity index (χ2n) is 7.12. The summed E-state index contributed by atoms with van der Waals surface area (Å²) in [6, 6.07) is 10.7. The van der Waals surface area contributed by atoms with E-state index in [1.165, 1.54) is 24.3 Å². The molecule has 1 amide bonds. The van der Waals surface area contributed by atoms with Crippen LogP contribution in [-0.2, 0) is 0 Å². The molecule has 148 valence electrons. The molecule has 0 radical (unpaired) electrons. The first-order valence-electron chi connectivity index (χ1n) is 9.59.